The van der Waals surface area contributed by atoms with Crippen molar-refractivity contribution >= 4 is 44.7 Å². The topological polar surface area (TPSA) is 193 Å². The van der Waals surface area contributed by atoms with Gasteiger partial charge in [-0.25, -0.2) is 13.2 Å². The van der Waals surface area contributed by atoms with E-state index in [1.165, 1.54) is 4.90 Å². The van der Waals surface area contributed by atoms with Crippen molar-refractivity contribution in [2.24, 2.45) is 17.8 Å². The molecule has 4 amide bonds. The van der Waals surface area contributed by atoms with Gasteiger partial charge in [-0.2, -0.15) is 0 Å². The van der Waals surface area contributed by atoms with Crippen LogP contribution in [0, 0.1) is 17.8 Å². The second-order valence-electron chi connectivity index (χ2n) is 14.8. The molecule has 15 heteroatoms. The predicted molar refractivity (Wildman–Crippen MR) is 187 cm³/mol. The highest BCUT2D eigenvalue weighted by molar-refractivity contribution is 7.91. The Kier molecular flexibility index (Phi) is 9.96. The summed E-state index contributed by atoms with van der Waals surface area (Å²) in [5, 5.41) is 15.8. The second kappa shape index (κ2) is 14.0. The van der Waals surface area contributed by atoms with E-state index in [-0.39, 0.29) is 25.3 Å². The summed E-state index contributed by atoms with van der Waals surface area (Å²) in [5.74, 6) is -1.69. The number of carbonyl (C=O) groups is 4. The molecule has 276 valence electrons. The number of nitrogens with zero attached hydrogens (tertiary/aromatic N) is 2. The van der Waals surface area contributed by atoms with Gasteiger partial charge in [-0.05, 0) is 88.5 Å². The van der Waals surface area contributed by atoms with Crippen LogP contribution in [0.15, 0.2) is 42.6 Å². The van der Waals surface area contributed by atoms with E-state index in [1.54, 1.807) is 19.2 Å². The highest BCUT2D eigenvalue weighted by atomic mass is 32.2. The van der Waals surface area contributed by atoms with Gasteiger partial charge in [0.05, 0.1) is 29.6 Å². The molecule has 2 aliphatic carbocycles. The van der Waals surface area contributed by atoms with Gasteiger partial charge in [0.1, 0.15) is 35.2 Å². The zero-order chi connectivity index (χ0) is 36.7. The van der Waals surface area contributed by atoms with Gasteiger partial charge in [0.15, 0.2) is 0 Å². The summed E-state index contributed by atoms with van der Waals surface area (Å²) in [6, 6.07) is 5.01. The summed E-state index contributed by atoms with van der Waals surface area (Å²) in [6.45, 7) is 7.77. The van der Waals surface area contributed by atoms with Crippen LogP contribution in [0.4, 0.5) is 4.79 Å². The largest absolute Gasteiger partial charge is 0.494 e. The molecule has 1 aromatic heterocycles. The summed E-state index contributed by atoms with van der Waals surface area (Å²) in [6.07, 6.45) is 6.33. The average molecular weight is 726 g/mol. The Labute approximate surface area is 297 Å². The molecule has 0 unspecified atom stereocenters. The molecule has 14 nitrogen and oxygen atoms in total. The van der Waals surface area contributed by atoms with Crippen LogP contribution in [0.25, 0.3) is 10.9 Å². The molecule has 4 aliphatic rings. The lowest BCUT2D eigenvalue weighted by molar-refractivity contribution is -0.142. The molecule has 2 aromatic rings. The van der Waals surface area contributed by atoms with Crippen molar-refractivity contribution in [1.82, 2.24) is 25.2 Å². The van der Waals surface area contributed by atoms with Crippen LogP contribution in [0.5, 0.6) is 11.5 Å². The number of fused-ring (bicyclic) bond motifs is 3. The highest BCUT2D eigenvalue weighted by Crippen LogP contribution is 2.47. The number of ether oxygens (including phenoxy) is 2. The SMILES string of the molecule is CCOc1ccc2ncc(O[C@@H]3C[C@H]4C(=O)N[C@]5(C(=O)NS(=O)(=O)C6(C)CC6)C[C@H]5C=CCC[C@@H](C)C[C@@H](C)[C@H](NC(=O)O)C(=O)N4C3)cc2c1. The van der Waals surface area contributed by atoms with Crippen LogP contribution < -0.4 is 24.8 Å². The number of carboxylic acid groups (broad SMARTS) is 1. The number of hydrogen-bond donors (Lipinski definition) is 4. The molecule has 0 bridgehead atoms. The van der Waals surface area contributed by atoms with Gasteiger partial charge >= 0.3 is 6.09 Å². The Bertz CT molecular complexity index is 1850. The van der Waals surface area contributed by atoms with Crippen molar-refractivity contribution in [3.63, 3.8) is 0 Å². The summed E-state index contributed by atoms with van der Waals surface area (Å²) < 4.78 is 39.3. The molecular formula is C36H47N5O9S. The van der Waals surface area contributed by atoms with Gasteiger partial charge in [0.2, 0.25) is 21.8 Å². The fraction of sp³-hybridized carbons (Fsp3) is 0.583. The molecular weight excluding hydrogens is 678 g/mol. The number of nitrogens with one attached hydrogen (secondary N) is 3. The van der Waals surface area contributed by atoms with E-state index in [9.17, 15) is 32.7 Å². The van der Waals surface area contributed by atoms with Gasteiger partial charge in [0, 0.05) is 17.7 Å². The number of pyridine rings is 1. The Morgan fingerprint density at radius 2 is 1.88 bits per heavy atom. The van der Waals surface area contributed by atoms with E-state index in [0.29, 0.717) is 43.8 Å². The third-order valence-electron chi connectivity index (χ3n) is 10.8. The number of amides is 4. The predicted octanol–water partition coefficient (Wildman–Crippen LogP) is 3.50. The van der Waals surface area contributed by atoms with Crippen molar-refractivity contribution in [3.05, 3.63) is 42.6 Å². The Hall–Kier alpha value is -4.40. The highest BCUT2D eigenvalue weighted by Gasteiger charge is 2.63. The minimum absolute atomic E-state index is 0.0355. The number of hydrogen-bond acceptors (Lipinski definition) is 9. The lowest BCUT2D eigenvalue weighted by Gasteiger charge is -2.32. The third-order valence-corrected chi connectivity index (χ3v) is 12.9. The number of allylic oxidation sites excluding steroid dienone is 1. The van der Waals surface area contributed by atoms with Gasteiger partial charge in [-0.3, -0.25) is 24.1 Å². The number of aromatic nitrogens is 1. The molecule has 7 atom stereocenters. The fourth-order valence-electron chi connectivity index (χ4n) is 7.33. The molecule has 3 fully saturated rings. The second-order valence-corrected chi connectivity index (χ2v) is 17.0. The van der Waals surface area contributed by atoms with Crippen LogP contribution in [0.3, 0.4) is 0 Å². The summed E-state index contributed by atoms with van der Waals surface area (Å²) >= 11 is 0. The van der Waals surface area contributed by atoms with E-state index in [1.807, 2.05) is 51.1 Å². The minimum Gasteiger partial charge on any atom is -0.494 e. The van der Waals surface area contributed by atoms with Crippen molar-refractivity contribution in [2.75, 3.05) is 13.2 Å². The van der Waals surface area contributed by atoms with E-state index in [2.05, 4.69) is 20.3 Å². The molecule has 2 aliphatic heterocycles. The molecule has 51 heavy (non-hydrogen) atoms. The Morgan fingerprint density at radius 3 is 2.59 bits per heavy atom. The molecule has 6 rings (SSSR count). The third kappa shape index (κ3) is 7.63. The summed E-state index contributed by atoms with van der Waals surface area (Å²) in [4.78, 5) is 60.1. The van der Waals surface area contributed by atoms with Crippen molar-refractivity contribution in [2.45, 2.75) is 101 Å². The van der Waals surface area contributed by atoms with Crippen molar-refractivity contribution < 1.29 is 42.2 Å². The first kappa shape index (κ1) is 36.4. The zero-order valence-corrected chi connectivity index (χ0v) is 30.2. The molecule has 4 N–H and O–H groups in total. The lowest BCUT2D eigenvalue weighted by atomic mass is 9.88. The Morgan fingerprint density at radius 1 is 1.14 bits per heavy atom. The molecule has 0 radical (unpaired) electrons. The summed E-state index contributed by atoms with van der Waals surface area (Å²) in [5.41, 5.74) is -0.808. The first-order valence-electron chi connectivity index (χ1n) is 17.7. The maximum absolute atomic E-state index is 14.3. The number of benzene rings is 1. The maximum atomic E-state index is 14.3. The van der Waals surface area contributed by atoms with Gasteiger partial charge in [-0.15, -0.1) is 0 Å². The molecule has 0 spiro atoms. The van der Waals surface area contributed by atoms with Gasteiger partial charge in [-0.1, -0.05) is 26.0 Å². The number of carbonyl (C=O) groups excluding carboxylic acids is 3. The van der Waals surface area contributed by atoms with Crippen molar-refractivity contribution in [3.8, 4) is 11.5 Å². The fourth-order valence-corrected chi connectivity index (χ4v) is 8.64. The quantitative estimate of drug-likeness (QED) is 0.293. The van der Waals surface area contributed by atoms with E-state index < -0.39 is 74.1 Å². The van der Waals surface area contributed by atoms with Crippen LogP contribution in [-0.4, -0.2) is 88.8 Å². The molecule has 1 saturated heterocycles. The standard InChI is InChI=1S/C36H47N5O9S/c1-5-49-25-10-11-28-23(15-25)16-26(19-37-28)50-27-17-29-31(42)39-36(33(44)40-51(47,48)35(4)12-13-35)18-24(36)9-7-6-8-21(2)14-22(3)30(38-34(45)46)32(43)41(29)20-27/h7,9-11,15-16,19,21-22,24,27,29-30,38H,5-6,8,12-14,17-18,20H2,1-4H3,(H,39,42)(H,40,44)(H,45,46)/t21-,22-,24-,27-,29+,30+,36-/m1/s1. The first-order valence-corrected chi connectivity index (χ1v) is 19.2. The van der Waals surface area contributed by atoms with Crippen LogP contribution in [0.1, 0.15) is 72.6 Å². The van der Waals surface area contributed by atoms with Crippen LogP contribution in [0.2, 0.25) is 0 Å². The van der Waals surface area contributed by atoms with E-state index in [0.717, 1.165) is 17.3 Å². The summed E-state index contributed by atoms with van der Waals surface area (Å²) in [7, 11) is -3.99. The maximum Gasteiger partial charge on any atom is 0.405 e. The monoisotopic (exact) mass is 725 g/mol. The normalized spacial score (nSPS) is 30.5. The van der Waals surface area contributed by atoms with E-state index >= 15 is 0 Å². The first-order chi connectivity index (χ1) is 24.1. The van der Waals surface area contributed by atoms with E-state index in [4.69, 9.17) is 9.47 Å². The number of rotatable bonds is 8. The molecule has 3 heterocycles. The number of sulfonamides is 1. The Balaban J connectivity index is 1.31. The smallest absolute Gasteiger partial charge is 0.405 e. The molecule has 1 aromatic carbocycles. The molecule has 2 saturated carbocycles. The van der Waals surface area contributed by atoms with Crippen LogP contribution >= 0.6 is 0 Å². The lowest BCUT2D eigenvalue weighted by Crippen LogP contribution is -2.59. The van der Waals surface area contributed by atoms with Crippen molar-refractivity contribution in [1.29, 1.82) is 0 Å². The van der Waals surface area contributed by atoms with Crippen LogP contribution in [-0.2, 0) is 24.4 Å². The van der Waals surface area contributed by atoms with Gasteiger partial charge in [0.25, 0.3) is 5.91 Å². The minimum atomic E-state index is -3.99. The van der Waals surface area contributed by atoms with Gasteiger partial charge < -0.3 is 30.1 Å². The average Bonchev–Trinajstić information content (AvgIpc) is 3.95. The zero-order valence-electron chi connectivity index (χ0n) is 29.4.